The Bertz CT molecular complexity index is 485. The largest absolute Gasteiger partial charge is 0.481 e. The highest BCUT2D eigenvalue weighted by Gasteiger charge is 2.25. The molecule has 116 valence electrons. The number of hydrogen-bond donors (Lipinski definition) is 2. The van der Waals surface area contributed by atoms with Gasteiger partial charge in [-0.1, -0.05) is 13.3 Å². The van der Waals surface area contributed by atoms with Crippen molar-refractivity contribution in [3.05, 3.63) is 11.9 Å². The van der Waals surface area contributed by atoms with Gasteiger partial charge in [-0.25, -0.2) is 9.97 Å². The lowest BCUT2D eigenvalue weighted by Crippen LogP contribution is -2.37. The quantitative estimate of drug-likeness (QED) is 0.783. The third-order valence-electron chi connectivity index (χ3n) is 3.83. The van der Waals surface area contributed by atoms with Crippen LogP contribution in [0.25, 0.3) is 0 Å². The number of anilines is 2. The molecule has 1 saturated heterocycles. The second-order valence-corrected chi connectivity index (χ2v) is 5.54. The monoisotopic (exact) mass is 292 g/mol. The molecule has 0 unspecified atom stereocenters. The summed E-state index contributed by atoms with van der Waals surface area (Å²) in [6.45, 7) is 6.43. The minimum atomic E-state index is -0.685. The molecule has 1 fully saturated rings. The maximum absolute atomic E-state index is 11.0. The fourth-order valence-electron chi connectivity index (χ4n) is 2.55. The Balaban J connectivity index is 2.01. The summed E-state index contributed by atoms with van der Waals surface area (Å²) in [7, 11) is 0. The lowest BCUT2D eigenvalue weighted by atomic mass is 9.97. The Morgan fingerprint density at radius 2 is 2.14 bits per heavy atom. The lowest BCUT2D eigenvalue weighted by Gasteiger charge is -2.31. The molecule has 0 spiro atoms. The van der Waals surface area contributed by atoms with Gasteiger partial charge in [0.1, 0.15) is 17.5 Å². The molecule has 21 heavy (non-hydrogen) atoms. The van der Waals surface area contributed by atoms with Crippen molar-refractivity contribution < 1.29 is 9.90 Å². The van der Waals surface area contributed by atoms with E-state index >= 15 is 0 Å². The molecule has 0 atom stereocenters. The summed E-state index contributed by atoms with van der Waals surface area (Å²) in [6, 6.07) is 1.96. The number of hydrogen-bond acceptors (Lipinski definition) is 5. The molecule has 6 heteroatoms. The number of aliphatic carboxylic acids is 1. The van der Waals surface area contributed by atoms with Crippen molar-refractivity contribution in [1.82, 2.24) is 9.97 Å². The van der Waals surface area contributed by atoms with Gasteiger partial charge in [0.15, 0.2) is 0 Å². The van der Waals surface area contributed by atoms with E-state index < -0.39 is 5.97 Å². The summed E-state index contributed by atoms with van der Waals surface area (Å²) in [5.41, 5.74) is 0. The maximum Gasteiger partial charge on any atom is 0.306 e. The molecule has 0 radical (unpaired) electrons. The normalized spacial score (nSPS) is 16.0. The van der Waals surface area contributed by atoms with Crippen LogP contribution in [0.2, 0.25) is 0 Å². The summed E-state index contributed by atoms with van der Waals surface area (Å²) < 4.78 is 0. The van der Waals surface area contributed by atoms with E-state index in [0.717, 1.165) is 49.9 Å². The molecule has 1 aliphatic rings. The van der Waals surface area contributed by atoms with E-state index in [0.29, 0.717) is 12.8 Å². The predicted molar refractivity (Wildman–Crippen MR) is 82.7 cm³/mol. The zero-order valence-electron chi connectivity index (χ0n) is 12.8. The molecule has 2 N–H and O–H groups in total. The number of carbonyl (C=O) groups is 1. The molecule has 1 aliphatic heterocycles. The van der Waals surface area contributed by atoms with Crippen LogP contribution in [-0.4, -0.2) is 40.7 Å². The van der Waals surface area contributed by atoms with Crippen molar-refractivity contribution in [3.8, 4) is 0 Å². The number of carboxylic acid groups (broad SMARTS) is 1. The third kappa shape index (κ3) is 4.31. The van der Waals surface area contributed by atoms with Crippen molar-refractivity contribution in [1.29, 1.82) is 0 Å². The third-order valence-corrected chi connectivity index (χ3v) is 3.83. The van der Waals surface area contributed by atoms with Gasteiger partial charge < -0.3 is 15.3 Å². The number of piperidine rings is 1. The minimum absolute atomic E-state index is 0.216. The Morgan fingerprint density at radius 3 is 2.76 bits per heavy atom. The topological polar surface area (TPSA) is 78.4 Å². The van der Waals surface area contributed by atoms with E-state index in [1.807, 2.05) is 13.0 Å². The molecule has 2 rings (SSSR count). The van der Waals surface area contributed by atoms with Crippen LogP contribution >= 0.6 is 0 Å². The number of unbranched alkanes of at least 4 members (excludes halogenated alkanes) is 1. The van der Waals surface area contributed by atoms with Crippen LogP contribution in [0.15, 0.2) is 6.07 Å². The fourth-order valence-corrected chi connectivity index (χ4v) is 2.55. The molecular weight excluding hydrogens is 268 g/mol. The molecule has 0 saturated carbocycles. The zero-order chi connectivity index (χ0) is 15.2. The molecular formula is C15H24N4O2. The van der Waals surface area contributed by atoms with Gasteiger partial charge >= 0.3 is 5.97 Å². The summed E-state index contributed by atoms with van der Waals surface area (Å²) in [6.07, 6.45) is 3.61. The van der Waals surface area contributed by atoms with Crippen LogP contribution in [0.3, 0.4) is 0 Å². The first kappa shape index (κ1) is 15.5. The molecule has 1 aromatic heterocycles. The van der Waals surface area contributed by atoms with Crippen molar-refractivity contribution >= 4 is 17.6 Å². The minimum Gasteiger partial charge on any atom is -0.481 e. The van der Waals surface area contributed by atoms with Gasteiger partial charge in [0.05, 0.1) is 5.92 Å². The number of carboxylic acids is 1. The molecule has 2 heterocycles. The lowest BCUT2D eigenvalue weighted by molar-refractivity contribution is -0.142. The van der Waals surface area contributed by atoms with E-state index in [9.17, 15) is 4.79 Å². The molecule has 0 amide bonds. The van der Waals surface area contributed by atoms with Gasteiger partial charge in [0.25, 0.3) is 0 Å². The first-order valence-electron chi connectivity index (χ1n) is 7.67. The average Bonchev–Trinajstić information content (AvgIpc) is 2.47. The van der Waals surface area contributed by atoms with Crippen LogP contribution in [0, 0.1) is 12.8 Å². The van der Waals surface area contributed by atoms with Gasteiger partial charge in [0.2, 0.25) is 0 Å². The second-order valence-electron chi connectivity index (χ2n) is 5.54. The van der Waals surface area contributed by atoms with Crippen molar-refractivity contribution in [2.24, 2.45) is 5.92 Å². The number of nitrogens with zero attached hydrogens (tertiary/aromatic N) is 3. The first-order valence-corrected chi connectivity index (χ1v) is 7.67. The number of rotatable bonds is 6. The Morgan fingerprint density at radius 1 is 1.43 bits per heavy atom. The zero-order valence-corrected chi connectivity index (χ0v) is 12.8. The smallest absolute Gasteiger partial charge is 0.306 e. The number of aromatic nitrogens is 2. The summed E-state index contributed by atoms with van der Waals surface area (Å²) >= 11 is 0. The molecule has 1 aromatic rings. The van der Waals surface area contributed by atoms with Gasteiger partial charge in [-0.3, -0.25) is 4.79 Å². The van der Waals surface area contributed by atoms with Crippen molar-refractivity contribution in [2.75, 3.05) is 29.9 Å². The van der Waals surface area contributed by atoms with E-state index in [1.165, 1.54) is 0 Å². The van der Waals surface area contributed by atoms with Crippen LogP contribution in [0.5, 0.6) is 0 Å². The highest BCUT2D eigenvalue weighted by atomic mass is 16.4. The van der Waals surface area contributed by atoms with Crippen molar-refractivity contribution in [2.45, 2.75) is 39.5 Å². The fraction of sp³-hybridized carbons (Fsp3) is 0.667. The van der Waals surface area contributed by atoms with Gasteiger partial charge in [-0.2, -0.15) is 0 Å². The van der Waals surface area contributed by atoms with Crippen LogP contribution in [-0.2, 0) is 4.79 Å². The first-order chi connectivity index (χ1) is 10.1. The van der Waals surface area contributed by atoms with Crippen LogP contribution < -0.4 is 10.2 Å². The molecule has 0 aliphatic carbocycles. The van der Waals surface area contributed by atoms with E-state index in [1.54, 1.807) is 0 Å². The molecule has 0 aromatic carbocycles. The second kappa shape index (κ2) is 7.24. The van der Waals surface area contributed by atoms with Gasteiger partial charge in [-0.15, -0.1) is 0 Å². The molecule has 6 nitrogen and oxygen atoms in total. The van der Waals surface area contributed by atoms with E-state index in [2.05, 4.69) is 27.1 Å². The van der Waals surface area contributed by atoms with Crippen LogP contribution in [0.4, 0.5) is 11.6 Å². The highest BCUT2D eigenvalue weighted by Crippen LogP contribution is 2.23. The SMILES string of the molecule is CCCCNc1cc(N2CCC(C(=O)O)CC2)nc(C)n1. The Hall–Kier alpha value is -1.85. The van der Waals surface area contributed by atoms with Gasteiger partial charge in [0, 0.05) is 25.7 Å². The predicted octanol–water partition coefficient (Wildman–Crippen LogP) is 2.30. The Labute approximate surface area is 125 Å². The van der Waals surface area contributed by atoms with Gasteiger partial charge in [-0.05, 0) is 26.2 Å². The van der Waals surface area contributed by atoms with E-state index in [4.69, 9.17) is 5.11 Å². The average molecular weight is 292 g/mol. The van der Waals surface area contributed by atoms with Crippen molar-refractivity contribution in [3.63, 3.8) is 0 Å². The summed E-state index contributed by atoms with van der Waals surface area (Å²) in [5, 5.41) is 12.4. The highest BCUT2D eigenvalue weighted by molar-refractivity contribution is 5.70. The molecule has 0 bridgehead atoms. The standard InChI is InChI=1S/C15H24N4O2/c1-3-4-7-16-13-10-14(18-11(2)17-13)19-8-5-12(6-9-19)15(20)21/h10,12H,3-9H2,1-2H3,(H,20,21)(H,16,17,18). The summed E-state index contributed by atoms with van der Waals surface area (Å²) in [5.74, 6) is 1.59. The number of nitrogens with one attached hydrogen (secondary N) is 1. The Kier molecular flexibility index (Phi) is 5.36. The summed E-state index contributed by atoms with van der Waals surface area (Å²) in [4.78, 5) is 22.0. The number of aryl methyl sites for hydroxylation is 1. The maximum atomic E-state index is 11.0. The van der Waals surface area contributed by atoms with E-state index in [-0.39, 0.29) is 5.92 Å². The van der Waals surface area contributed by atoms with Crippen LogP contribution in [0.1, 0.15) is 38.4 Å².